The van der Waals surface area contributed by atoms with Gasteiger partial charge in [-0.1, -0.05) is 22.9 Å². The van der Waals surface area contributed by atoms with Crippen molar-refractivity contribution in [2.75, 3.05) is 0 Å². The number of carbonyl (C=O) groups is 1. The topological polar surface area (TPSA) is 40.9 Å². The Bertz CT molecular complexity index is 425. The first-order valence-corrected chi connectivity index (χ1v) is 5.21. The van der Waals surface area contributed by atoms with Crippen LogP contribution in [0.3, 0.4) is 0 Å². The number of rotatable bonds is 3. The molecule has 0 bridgehead atoms. The fourth-order valence-corrected chi connectivity index (χ4v) is 1.62. The van der Waals surface area contributed by atoms with E-state index in [0.29, 0.717) is 4.47 Å². The van der Waals surface area contributed by atoms with E-state index >= 15 is 0 Å². The molecule has 0 aliphatic carbocycles. The zero-order chi connectivity index (χ0) is 11.4. The minimum atomic E-state index is -0.453. The van der Waals surface area contributed by atoms with E-state index in [0.717, 1.165) is 0 Å². The summed E-state index contributed by atoms with van der Waals surface area (Å²) in [6.45, 7) is 1.66. The van der Waals surface area contributed by atoms with Gasteiger partial charge in [0.05, 0.1) is 6.07 Å². The molecule has 4 heteroatoms. The largest absolute Gasteiger partial charge is 0.294 e. The third kappa shape index (κ3) is 2.87. The highest BCUT2D eigenvalue weighted by molar-refractivity contribution is 9.10. The monoisotopic (exact) mass is 269 g/mol. The molecule has 1 aromatic carbocycles. The average molecular weight is 270 g/mol. The first-order chi connectivity index (χ1) is 7.06. The van der Waals surface area contributed by atoms with Gasteiger partial charge in [0.1, 0.15) is 5.82 Å². The summed E-state index contributed by atoms with van der Waals surface area (Å²) in [5, 5.41) is 8.47. The molecule has 0 aliphatic rings. The third-order valence-corrected chi connectivity index (χ3v) is 2.73. The van der Waals surface area contributed by atoms with Crippen molar-refractivity contribution >= 4 is 21.7 Å². The summed E-state index contributed by atoms with van der Waals surface area (Å²) in [6, 6.07) is 5.86. The maximum absolute atomic E-state index is 12.9. The molecular formula is C11H9BrFNO. The van der Waals surface area contributed by atoms with E-state index in [1.807, 2.05) is 6.07 Å². The average Bonchev–Trinajstić information content (AvgIpc) is 2.21. The van der Waals surface area contributed by atoms with Crippen molar-refractivity contribution in [2.45, 2.75) is 13.3 Å². The second-order valence-corrected chi connectivity index (χ2v) is 4.11. The molecule has 0 saturated carbocycles. The van der Waals surface area contributed by atoms with Crippen LogP contribution in [0.15, 0.2) is 22.7 Å². The Hall–Kier alpha value is -1.21. The van der Waals surface area contributed by atoms with Crippen LogP contribution in [0.5, 0.6) is 0 Å². The number of nitrogens with zero attached hydrogens (tertiary/aromatic N) is 1. The standard InChI is InChI=1S/C11H9BrFNO/c1-7(4-5-14)11(15)9-6-8(13)2-3-10(9)12/h2-3,6-7H,4H2,1H3. The number of hydrogen-bond acceptors (Lipinski definition) is 2. The second-order valence-electron chi connectivity index (χ2n) is 3.25. The van der Waals surface area contributed by atoms with Gasteiger partial charge < -0.3 is 0 Å². The summed E-state index contributed by atoms with van der Waals surface area (Å²) in [5.41, 5.74) is 0.290. The Morgan fingerprint density at radius 1 is 1.67 bits per heavy atom. The molecule has 78 valence electrons. The summed E-state index contributed by atoms with van der Waals surface area (Å²) in [6.07, 6.45) is 0.141. The lowest BCUT2D eigenvalue weighted by atomic mass is 9.97. The minimum Gasteiger partial charge on any atom is -0.294 e. The van der Waals surface area contributed by atoms with Crippen LogP contribution < -0.4 is 0 Å². The number of ketones is 1. The van der Waals surface area contributed by atoms with Gasteiger partial charge in [-0.3, -0.25) is 4.79 Å². The van der Waals surface area contributed by atoms with Crippen molar-refractivity contribution < 1.29 is 9.18 Å². The molecule has 0 heterocycles. The molecule has 1 atom stereocenters. The molecule has 0 aliphatic heterocycles. The summed E-state index contributed by atoms with van der Waals surface area (Å²) in [5.74, 6) is -1.08. The Morgan fingerprint density at radius 2 is 2.33 bits per heavy atom. The fraction of sp³-hybridized carbons (Fsp3) is 0.273. The lowest BCUT2D eigenvalue weighted by Gasteiger charge is -2.07. The summed E-state index contributed by atoms with van der Waals surface area (Å²) >= 11 is 3.18. The highest BCUT2D eigenvalue weighted by Crippen LogP contribution is 2.22. The van der Waals surface area contributed by atoms with E-state index in [1.165, 1.54) is 18.2 Å². The number of nitriles is 1. The lowest BCUT2D eigenvalue weighted by Crippen LogP contribution is -2.11. The summed E-state index contributed by atoms with van der Waals surface area (Å²) in [7, 11) is 0. The second kappa shape index (κ2) is 5.04. The molecule has 15 heavy (non-hydrogen) atoms. The van der Waals surface area contributed by atoms with Crippen LogP contribution in [0.4, 0.5) is 4.39 Å². The highest BCUT2D eigenvalue weighted by Gasteiger charge is 2.17. The van der Waals surface area contributed by atoms with E-state index in [-0.39, 0.29) is 17.8 Å². The Morgan fingerprint density at radius 3 is 2.93 bits per heavy atom. The van der Waals surface area contributed by atoms with Crippen molar-refractivity contribution in [3.8, 4) is 6.07 Å². The molecule has 2 nitrogen and oxygen atoms in total. The number of benzene rings is 1. The van der Waals surface area contributed by atoms with Gasteiger partial charge in [0.25, 0.3) is 0 Å². The van der Waals surface area contributed by atoms with Crippen molar-refractivity contribution in [3.05, 3.63) is 34.1 Å². The minimum absolute atomic E-state index is 0.141. The van der Waals surface area contributed by atoms with Gasteiger partial charge in [-0.25, -0.2) is 4.39 Å². The molecule has 0 saturated heterocycles. The van der Waals surface area contributed by atoms with E-state index in [9.17, 15) is 9.18 Å². The quantitative estimate of drug-likeness (QED) is 0.790. The van der Waals surface area contributed by atoms with Crippen molar-refractivity contribution in [1.29, 1.82) is 5.26 Å². The van der Waals surface area contributed by atoms with Crippen LogP contribution in [-0.2, 0) is 0 Å². The number of hydrogen-bond donors (Lipinski definition) is 0. The van der Waals surface area contributed by atoms with Crippen LogP contribution in [0.1, 0.15) is 23.7 Å². The van der Waals surface area contributed by atoms with Crippen LogP contribution in [0.25, 0.3) is 0 Å². The van der Waals surface area contributed by atoms with Gasteiger partial charge in [0.2, 0.25) is 0 Å². The van der Waals surface area contributed by atoms with Crippen molar-refractivity contribution in [1.82, 2.24) is 0 Å². The third-order valence-electron chi connectivity index (χ3n) is 2.04. The molecule has 0 fully saturated rings. The molecule has 0 N–H and O–H groups in total. The molecule has 1 aromatic rings. The first kappa shape index (κ1) is 11.9. The van der Waals surface area contributed by atoms with E-state index in [1.54, 1.807) is 6.92 Å². The molecule has 0 amide bonds. The predicted molar refractivity (Wildman–Crippen MR) is 57.8 cm³/mol. The molecule has 0 spiro atoms. The first-order valence-electron chi connectivity index (χ1n) is 4.42. The maximum atomic E-state index is 12.9. The zero-order valence-electron chi connectivity index (χ0n) is 8.13. The maximum Gasteiger partial charge on any atom is 0.167 e. The van der Waals surface area contributed by atoms with E-state index < -0.39 is 11.7 Å². The van der Waals surface area contributed by atoms with Crippen molar-refractivity contribution in [3.63, 3.8) is 0 Å². The Kier molecular flexibility index (Phi) is 3.98. The molecule has 0 radical (unpaired) electrons. The number of carbonyl (C=O) groups excluding carboxylic acids is 1. The number of halogens is 2. The zero-order valence-corrected chi connectivity index (χ0v) is 9.71. The van der Waals surface area contributed by atoms with Crippen LogP contribution in [0.2, 0.25) is 0 Å². The van der Waals surface area contributed by atoms with Crippen molar-refractivity contribution in [2.24, 2.45) is 5.92 Å². The smallest absolute Gasteiger partial charge is 0.167 e. The van der Waals surface area contributed by atoms with E-state index in [4.69, 9.17) is 5.26 Å². The van der Waals surface area contributed by atoms with Gasteiger partial charge in [0, 0.05) is 22.4 Å². The van der Waals surface area contributed by atoms with Gasteiger partial charge in [-0.15, -0.1) is 0 Å². The summed E-state index contributed by atoms with van der Waals surface area (Å²) < 4.78 is 13.5. The van der Waals surface area contributed by atoms with Crippen LogP contribution >= 0.6 is 15.9 Å². The molecule has 1 unspecified atom stereocenters. The van der Waals surface area contributed by atoms with Gasteiger partial charge >= 0.3 is 0 Å². The normalized spacial score (nSPS) is 11.9. The van der Waals surface area contributed by atoms with Crippen LogP contribution in [0, 0.1) is 23.1 Å². The number of Topliss-reactive ketones (excluding diaryl/α,β-unsaturated/α-hetero) is 1. The van der Waals surface area contributed by atoms with E-state index in [2.05, 4.69) is 15.9 Å². The Balaban J connectivity index is 3.01. The highest BCUT2D eigenvalue weighted by atomic mass is 79.9. The molecule has 0 aromatic heterocycles. The Labute approximate surface area is 95.8 Å². The summed E-state index contributed by atoms with van der Waals surface area (Å²) in [4.78, 5) is 11.8. The lowest BCUT2D eigenvalue weighted by molar-refractivity contribution is 0.0930. The molecule has 1 rings (SSSR count). The van der Waals surface area contributed by atoms with Gasteiger partial charge in [-0.05, 0) is 18.2 Å². The van der Waals surface area contributed by atoms with Gasteiger partial charge in [0.15, 0.2) is 5.78 Å². The van der Waals surface area contributed by atoms with Gasteiger partial charge in [-0.2, -0.15) is 5.26 Å². The fourth-order valence-electron chi connectivity index (χ4n) is 1.18. The predicted octanol–water partition coefficient (Wildman–Crippen LogP) is 3.32. The van der Waals surface area contributed by atoms with Crippen LogP contribution in [-0.4, -0.2) is 5.78 Å². The molecular weight excluding hydrogens is 261 g/mol. The SMILES string of the molecule is CC(CC#N)C(=O)c1cc(F)ccc1Br.